The van der Waals surface area contributed by atoms with Gasteiger partial charge in [0, 0.05) is 45.0 Å². The summed E-state index contributed by atoms with van der Waals surface area (Å²) in [6.45, 7) is 0. The molecule has 1 fully saturated rings. The summed E-state index contributed by atoms with van der Waals surface area (Å²) in [5.41, 5.74) is 11.9. The number of ether oxygens (including phenoxy) is 2. The zero-order valence-corrected chi connectivity index (χ0v) is 29.7. The van der Waals surface area contributed by atoms with Gasteiger partial charge in [0.25, 0.3) is 0 Å². The van der Waals surface area contributed by atoms with Gasteiger partial charge in [-0.1, -0.05) is 109 Å². The van der Waals surface area contributed by atoms with E-state index >= 15 is 0 Å². The maximum atomic E-state index is 7.17. The molecule has 4 aromatic rings. The molecule has 6 atom stereocenters. The van der Waals surface area contributed by atoms with Crippen LogP contribution in [0.15, 0.2) is 145 Å². The van der Waals surface area contributed by atoms with Gasteiger partial charge in [-0.2, -0.15) is 0 Å². The van der Waals surface area contributed by atoms with Crippen molar-refractivity contribution in [3.05, 3.63) is 167 Å². The molecule has 0 amide bonds. The van der Waals surface area contributed by atoms with Crippen LogP contribution in [0.1, 0.15) is 73.4 Å². The second-order valence-corrected chi connectivity index (χ2v) is 15.8. The van der Waals surface area contributed by atoms with Crippen molar-refractivity contribution < 1.29 is 9.47 Å². The highest BCUT2D eigenvalue weighted by atomic mass is 16.5. The molecule has 3 aromatic carbocycles. The molecule has 1 saturated heterocycles. The molecule has 3 heterocycles. The van der Waals surface area contributed by atoms with Crippen LogP contribution in [-0.2, 0) is 23.0 Å². The minimum Gasteiger partial charge on any atom is -0.457 e. The molecule has 3 heteroatoms. The van der Waals surface area contributed by atoms with Gasteiger partial charge in [0.15, 0.2) is 0 Å². The molecular weight excluding hydrogens is 635 g/mol. The Morgan fingerprint density at radius 3 is 2.46 bits per heavy atom. The van der Waals surface area contributed by atoms with Gasteiger partial charge >= 0.3 is 0 Å². The van der Waals surface area contributed by atoms with Gasteiger partial charge in [0.2, 0.25) is 0 Å². The van der Waals surface area contributed by atoms with Crippen LogP contribution in [0.5, 0.6) is 11.5 Å². The van der Waals surface area contributed by atoms with E-state index in [0.29, 0.717) is 6.04 Å². The third kappa shape index (κ3) is 4.48. The van der Waals surface area contributed by atoms with Crippen molar-refractivity contribution in [1.29, 1.82) is 0 Å². The smallest absolute Gasteiger partial charge is 0.132 e. The zero-order chi connectivity index (χ0) is 34.2. The highest BCUT2D eigenvalue weighted by Gasteiger charge is 2.60. The van der Waals surface area contributed by atoms with Crippen molar-refractivity contribution in [3.8, 4) is 22.6 Å². The van der Waals surface area contributed by atoms with Crippen molar-refractivity contribution in [2.75, 3.05) is 0 Å². The van der Waals surface area contributed by atoms with E-state index in [1.807, 2.05) is 0 Å². The lowest BCUT2D eigenvalue weighted by molar-refractivity contribution is -0.0881. The summed E-state index contributed by atoms with van der Waals surface area (Å²) in [6, 6.07) is 23.6. The van der Waals surface area contributed by atoms with Crippen LogP contribution in [0.25, 0.3) is 22.0 Å². The third-order valence-corrected chi connectivity index (χ3v) is 13.2. The lowest BCUT2D eigenvalue weighted by Gasteiger charge is -2.57. The highest BCUT2D eigenvalue weighted by Crippen LogP contribution is 2.63. The fraction of sp³-hybridized carbons (Fsp3) is 0.306. The zero-order valence-electron chi connectivity index (χ0n) is 29.7. The Morgan fingerprint density at radius 2 is 1.54 bits per heavy atom. The SMILES string of the molecule is C1=CCCC(C2=CC=CC3C2OC2C=CC=CC2C32c3ccccc3Oc3cc(-c4ccc5c(c4)c4c(n5C5C=CCCC5)CCCC4)ccc32)=C1. The van der Waals surface area contributed by atoms with Crippen molar-refractivity contribution in [2.45, 2.75) is 81.5 Å². The van der Waals surface area contributed by atoms with E-state index in [-0.39, 0.29) is 29.5 Å². The minimum absolute atomic E-state index is 0.0452. The number of fused-ring (bicyclic) bond motifs is 11. The van der Waals surface area contributed by atoms with E-state index < -0.39 is 0 Å². The number of nitrogens with zero attached hydrogens (tertiary/aromatic N) is 1. The van der Waals surface area contributed by atoms with E-state index in [0.717, 1.165) is 24.3 Å². The Morgan fingerprint density at radius 1 is 0.673 bits per heavy atom. The van der Waals surface area contributed by atoms with Gasteiger partial charge < -0.3 is 14.0 Å². The molecule has 7 aliphatic rings. The van der Waals surface area contributed by atoms with Gasteiger partial charge in [0.1, 0.15) is 11.5 Å². The Labute approximate surface area is 307 Å². The lowest BCUT2D eigenvalue weighted by Crippen LogP contribution is -2.59. The summed E-state index contributed by atoms with van der Waals surface area (Å²) in [4.78, 5) is 0. The van der Waals surface area contributed by atoms with E-state index in [2.05, 4.69) is 138 Å². The number of allylic oxidation sites excluding steroid dienone is 9. The van der Waals surface area contributed by atoms with Gasteiger partial charge in [0.05, 0.1) is 18.2 Å². The largest absolute Gasteiger partial charge is 0.457 e. The first kappa shape index (κ1) is 30.7. The van der Waals surface area contributed by atoms with Crippen LogP contribution in [0.3, 0.4) is 0 Å². The number of aryl methyl sites for hydroxylation is 1. The second kappa shape index (κ2) is 12.1. The summed E-state index contributed by atoms with van der Waals surface area (Å²) < 4.78 is 16.8. The summed E-state index contributed by atoms with van der Waals surface area (Å²) in [5.74, 6) is 2.15. The molecule has 11 rings (SSSR count). The average molecular weight is 680 g/mol. The van der Waals surface area contributed by atoms with Crippen LogP contribution in [0, 0.1) is 11.8 Å². The van der Waals surface area contributed by atoms with Crippen molar-refractivity contribution in [1.82, 2.24) is 4.57 Å². The fourth-order valence-electron chi connectivity index (χ4n) is 11.0. The summed E-state index contributed by atoms with van der Waals surface area (Å²) in [6.07, 6.45) is 38.4. The molecule has 3 nitrogen and oxygen atoms in total. The minimum atomic E-state index is -0.369. The molecule has 1 aromatic heterocycles. The standard InChI is InChI=1S/C49H45NO2/c1-3-14-32(15-4-1)36-19-13-22-42-48(36)52-46-25-12-9-21-40(46)49(42)39-20-8-11-24-45(39)51-47-31-34(26-28-41(47)49)33-27-29-44-38(30-33)37-18-7-10-23-43(37)50(44)35-16-5-2-6-17-35/h1,3,5,8-9,11-14,16,19-22,24-31,35,40,42,46,48H,2,4,6-7,10,15,17-18,23H2. The monoisotopic (exact) mass is 679 g/mol. The quantitative estimate of drug-likeness (QED) is 0.201. The third-order valence-electron chi connectivity index (χ3n) is 13.2. The summed E-state index contributed by atoms with van der Waals surface area (Å²) >= 11 is 0. The predicted octanol–water partition coefficient (Wildman–Crippen LogP) is 11.8. The van der Waals surface area contributed by atoms with Crippen molar-refractivity contribution >= 4 is 10.9 Å². The number of hydrogen-bond acceptors (Lipinski definition) is 2. The molecule has 258 valence electrons. The number of aromatic nitrogens is 1. The van der Waals surface area contributed by atoms with Crippen LogP contribution in [-0.4, -0.2) is 16.8 Å². The molecule has 2 aliphatic heterocycles. The lowest BCUT2D eigenvalue weighted by atomic mass is 9.51. The van der Waals surface area contributed by atoms with Crippen molar-refractivity contribution in [2.24, 2.45) is 11.8 Å². The molecule has 0 N–H and O–H groups in total. The molecule has 0 bridgehead atoms. The molecule has 52 heavy (non-hydrogen) atoms. The first-order chi connectivity index (χ1) is 25.8. The molecule has 1 spiro atoms. The molecular formula is C49H45NO2. The number of hydrogen-bond donors (Lipinski definition) is 0. The number of rotatable bonds is 3. The topological polar surface area (TPSA) is 23.4 Å². The van der Waals surface area contributed by atoms with Crippen LogP contribution in [0.4, 0.5) is 0 Å². The summed E-state index contributed by atoms with van der Waals surface area (Å²) in [7, 11) is 0. The van der Waals surface area contributed by atoms with Gasteiger partial charge in [-0.15, -0.1) is 0 Å². The first-order valence-corrected chi connectivity index (χ1v) is 19.8. The fourth-order valence-corrected chi connectivity index (χ4v) is 11.0. The normalized spacial score (nSPS) is 29.4. The van der Waals surface area contributed by atoms with Crippen LogP contribution in [0.2, 0.25) is 0 Å². The van der Waals surface area contributed by atoms with Crippen LogP contribution >= 0.6 is 0 Å². The van der Waals surface area contributed by atoms with Crippen LogP contribution < -0.4 is 4.74 Å². The van der Waals surface area contributed by atoms with Crippen molar-refractivity contribution in [3.63, 3.8) is 0 Å². The summed E-state index contributed by atoms with van der Waals surface area (Å²) in [5, 5.41) is 1.44. The Kier molecular flexibility index (Phi) is 7.15. The molecule has 5 aliphatic carbocycles. The first-order valence-electron chi connectivity index (χ1n) is 19.8. The maximum Gasteiger partial charge on any atom is 0.132 e. The van der Waals surface area contributed by atoms with Gasteiger partial charge in [-0.3, -0.25) is 0 Å². The molecule has 0 radical (unpaired) electrons. The molecule has 0 saturated carbocycles. The van der Waals surface area contributed by atoms with E-state index in [4.69, 9.17) is 9.47 Å². The Hall–Kier alpha value is -4.86. The van der Waals surface area contributed by atoms with E-state index in [1.54, 1.807) is 11.3 Å². The molecule has 6 unspecified atom stereocenters. The van der Waals surface area contributed by atoms with E-state index in [1.165, 1.54) is 89.2 Å². The number of benzene rings is 3. The van der Waals surface area contributed by atoms with E-state index in [9.17, 15) is 0 Å². The Bertz CT molecular complexity index is 2340. The maximum absolute atomic E-state index is 7.17. The Balaban J connectivity index is 1.07. The predicted molar refractivity (Wildman–Crippen MR) is 211 cm³/mol. The highest BCUT2D eigenvalue weighted by molar-refractivity contribution is 5.90. The number of para-hydroxylation sites is 1. The van der Waals surface area contributed by atoms with Gasteiger partial charge in [-0.25, -0.2) is 0 Å². The second-order valence-electron chi connectivity index (χ2n) is 15.8. The average Bonchev–Trinajstić information content (AvgIpc) is 3.55. The van der Waals surface area contributed by atoms with Gasteiger partial charge in [-0.05, 0) is 110 Å².